The molecule has 7 heteroatoms. The fourth-order valence-corrected chi connectivity index (χ4v) is 2.84. The van der Waals surface area contributed by atoms with Gasteiger partial charge in [0.2, 0.25) is 0 Å². The number of anilines is 2. The van der Waals surface area contributed by atoms with Crippen LogP contribution in [0.1, 0.15) is 41.4 Å². The van der Waals surface area contributed by atoms with E-state index in [0.29, 0.717) is 30.3 Å². The zero-order chi connectivity index (χ0) is 17.2. The number of amides is 3. The summed E-state index contributed by atoms with van der Waals surface area (Å²) in [6.45, 7) is 1.36. The molecular formula is C18H19N5O2. The van der Waals surface area contributed by atoms with Gasteiger partial charge in [-0.15, -0.1) is 0 Å². The number of rotatable bonds is 4. The minimum absolute atomic E-state index is 0.112. The molecule has 0 bridgehead atoms. The van der Waals surface area contributed by atoms with E-state index in [9.17, 15) is 9.59 Å². The van der Waals surface area contributed by atoms with Crippen molar-refractivity contribution in [1.82, 2.24) is 15.3 Å². The summed E-state index contributed by atoms with van der Waals surface area (Å²) in [5, 5.41) is 5.66. The smallest absolute Gasteiger partial charge is 0.321 e. The van der Waals surface area contributed by atoms with Gasteiger partial charge in [-0.3, -0.25) is 9.69 Å². The van der Waals surface area contributed by atoms with Crippen LogP contribution in [0.15, 0.2) is 36.7 Å². The third-order valence-electron chi connectivity index (χ3n) is 4.37. The summed E-state index contributed by atoms with van der Waals surface area (Å²) in [4.78, 5) is 34.5. The normalized spacial score (nSPS) is 17.1. The molecule has 0 radical (unpaired) electrons. The Kier molecular flexibility index (Phi) is 4.05. The highest BCUT2D eigenvalue weighted by molar-refractivity contribution is 6.04. The van der Waals surface area contributed by atoms with Gasteiger partial charge in [0.15, 0.2) is 0 Å². The second-order valence-corrected chi connectivity index (χ2v) is 6.35. The van der Waals surface area contributed by atoms with Crippen LogP contribution < -0.4 is 15.5 Å². The van der Waals surface area contributed by atoms with E-state index in [0.717, 1.165) is 30.8 Å². The highest BCUT2D eigenvalue weighted by atomic mass is 16.2. The second kappa shape index (κ2) is 6.51. The highest BCUT2D eigenvalue weighted by Crippen LogP contribution is 2.37. The van der Waals surface area contributed by atoms with Crippen LogP contribution in [-0.2, 0) is 0 Å². The van der Waals surface area contributed by atoms with Crippen LogP contribution in [0.25, 0.3) is 0 Å². The van der Waals surface area contributed by atoms with Gasteiger partial charge in [0, 0.05) is 42.8 Å². The fraction of sp³-hybridized carbons (Fsp3) is 0.333. The number of hydrogen-bond donors (Lipinski definition) is 2. The number of nitrogens with zero attached hydrogens (tertiary/aromatic N) is 3. The van der Waals surface area contributed by atoms with Crippen molar-refractivity contribution in [3.8, 4) is 0 Å². The predicted octanol–water partition coefficient (Wildman–Crippen LogP) is 2.53. The van der Waals surface area contributed by atoms with Gasteiger partial charge in [0.1, 0.15) is 5.82 Å². The molecule has 1 aliphatic heterocycles. The molecule has 1 aromatic heterocycles. The molecule has 0 unspecified atom stereocenters. The Bertz CT molecular complexity index is 801. The lowest BCUT2D eigenvalue weighted by Crippen LogP contribution is -2.46. The third kappa shape index (κ3) is 3.45. The van der Waals surface area contributed by atoms with Gasteiger partial charge in [0.25, 0.3) is 5.91 Å². The van der Waals surface area contributed by atoms with Crippen molar-refractivity contribution in [3.63, 3.8) is 0 Å². The van der Waals surface area contributed by atoms with Crippen molar-refractivity contribution in [2.24, 2.45) is 0 Å². The Morgan fingerprint density at radius 1 is 1.24 bits per heavy atom. The Labute approximate surface area is 145 Å². The maximum Gasteiger partial charge on any atom is 0.321 e. The first kappa shape index (κ1) is 15.6. The molecule has 25 heavy (non-hydrogen) atoms. The first-order chi connectivity index (χ1) is 12.2. The number of carbonyl (C=O) groups is 2. The maximum absolute atomic E-state index is 12.4. The summed E-state index contributed by atoms with van der Waals surface area (Å²) >= 11 is 0. The van der Waals surface area contributed by atoms with Crippen molar-refractivity contribution >= 4 is 23.3 Å². The van der Waals surface area contributed by atoms with E-state index in [2.05, 4.69) is 20.6 Å². The molecule has 3 amide bonds. The molecule has 2 fully saturated rings. The minimum Gasteiger partial charge on any atom is -0.338 e. The van der Waals surface area contributed by atoms with E-state index in [4.69, 9.17) is 0 Å². The Morgan fingerprint density at radius 2 is 2.04 bits per heavy atom. The molecule has 128 valence electrons. The SMILES string of the molecule is O=C(Nc1cccc(N2CCCNC2=O)c1)c1cnc(C2CC2)nc1. The van der Waals surface area contributed by atoms with Crippen LogP contribution in [0.3, 0.4) is 0 Å². The van der Waals surface area contributed by atoms with Crippen LogP contribution in [-0.4, -0.2) is 35.0 Å². The topological polar surface area (TPSA) is 87.2 Å². The van der Waals surface area contributed by atoms with Crippen LogP contribution in [0, 0.1) is 0 Å². The second-order valence-electron chi connectivity index (χ2n) is 6.35. The van der Waals surface area contributed by atoms with Crippen LogP contribution in [0.5, 0.6) is 0 Å². The number of urea groups is 1. The molecular weight excluding hydrogens is 318 g/mol. The molecule has 0 spiro atoms. The first-order valence-electron chi connectivity index (χ1n) is 8.49. The van der Waals surface area contributed by atoms with Gasteiger partial charge in [-0.1, -0.05) is 6.07 Å². The van der Waals surface area contributed by atoms with Gasteiger partial charge in [-0.25, -0.2) is 14.8 Å². The van der Waals surface area contributed by atoms with E-state index < -0.39 is 0 Å². The number of nitrogens with one attached hydrogen (secondary N) is 2. The number of hydrogen-bond acceptors (Lipinski definition) is 4. The molecule has 1 saturated heterocycles. The number of aromatic nitrogens is 2. The molecule has 1 aromatic carbocycles. The lowest BCUT2D eigenvalue weighted by molar-refractivity contribution is 0.102. The van der Waals surface area contributed by atoms with Crippen molar-refractivity contribution in [2.75, 3.05) is 23.3 Å². The van der Waals surface area contributed by atoms with E-state index in [-0.39, 0.29) is 11.9 Å². The summed E-state index contributed by atoms with van der Waals surface area (Å²) in [5.41, 5.74) is 1.81. The average molecular weight is 337 g/mol. The average Bonchev–Trinajstić information content (AvgIpc) is 3.48. The van der Waals surface area contributed by atoms with Gasteiger partial charge in [0.05, 0.1) is 5.56 Å². The van der Waals surface area contributed by atoms with E-state index >= 15 is 0 Å². The van der Waals surface area contributed by atoms with Crippen LogP contribution >= 0.6 is 0 Å². The first-order valence-corrected chi connectivity index (χ1v) is 8.49. The zero-order valence-electron chi connectivity index (χ0n) is 13.7. The Hall–Kier alpha value is -2.96. The summed E-state index contributed by atoms with van der Waals surface area (Å²) in [6, 6.07) is 7.15. The van der Waals surface area contributed by atoms with E-state index in [1.807, 2.05) is 12.1 Å². The summed E-state index contributed by atoms with van der Waals surface area (Å²) in [5.74, 6) is 1.02. The molecule has 0 atom stereocenters. The summed E-state index contributed by atoms with van der Waals surface area (Å²) in [7, 11) is 0. The maximum atomic E-state index is 12.4. The minimum atomic E-state index is -0.261. The van der Waals surface area contributed by atoms with Gasteiger partial charge in [-0.2, -0.15) is 0 Å². The molecule has 1 saturated carbocycles. The quantitative estimate of drug-likeness (QED) is 0.897. The molecule has 7 nitrogen and oxygen atoms in total. The Balaban J connectivity index is 1.47. The zero-order valence-corrected chi connectivity index (χ0v) is 13.7. The summed E-state index contributed by atoms with van der Waals surface area (Å²) in [6.07, 6.45) is 6.29. The molecule has 2 aliphatic rings. The van der Waals surface area contributed by atoms with Crippen molar-refractivity contribution in [2.45, 2.75) is 25.2 Å². The Morgan fingerprint density at radius 3 is 2.76 bits per heavy atom. The molecule has 4 rings (SSSR count). The monoisotopic (exact) mass is 337 g/mol. The van der Waals surface area contributed by atoms with Crippen LogP contribution in [0.2, 0.25) is 0 Å². The fourth-order valence-electron chi connectivity index (χ4n) is 2.84. The molecule has 2 N–H and O–H groups in total. The van der Waals surface area contributed by atoms with Crippen molar-refractivity contribution < 1.29 is 9.59 Å². The number of benzene rings is 1. The lowest BCUT2D eigenvalue weighted by Gasteiger charge is -2.27. The highest BCUT2D eigenvalue weighted by Gasteiger charge is 2.26. The molecule has 2 heterocycles. The van der Waals surface area contributed by atoms with Crippen molar-refractivity contribution in [3.05, 3.63) is 48.0 Å². The predicted molar refractivity (Wildman–Crippen MR) is 93.8 cm³/mol. The van der Waals surface area contributed by atoms with Gasteiger partial charge < -0.3 is 10.6 Å². The standard InChI is InChI=1S/C18H19N5O2/c24-17(13-10-20-16(21-11-13)12-5-6-12)22-14-3-1-4-15(9-14)23-8-2-7-19-18(23)25/h1,3-4,9-12H,2,5-8H2,(H,19,25)(H,22,24). The lowest BCUT2D eigenvalue weighted by atomic mass is 10.2. The van der Waals surface area contributed by atoms with Gasteiger partial charge in [-0.05, 0) is 37.5 Å². The largest absolute Gasteiger partial charge is 0.338 e. The molecule has 1 aliphatic carbocycles. The van der Waals surface area contributed by atoms with Crippen LogP contribution in [0.4, 0.5) is 16.2 Å². The van der Waals surface area contributed by atoms with Crippen molar-refractivity contribution in [1.29, 1.82) is 0 Å². The van der Waals surface area contributed by atoms with Gasteiger partial charge >= 0.3 is 6.03 Å². The van der Waals surface area contributed by atoms with E-state index in [1.54, 1.807) is 29.4 Å². The molecule has 2 aromatic rings. The number of carbonyl (C=O) groups excluding carboxylic acids is 2. The third-order valence-corrected chi connectivity index (χ3v) is 4.37. The van der Waals surface area contributed by atoms with E-state index in [1.165, 1.54) is 0 Å². The summed E-state index contributed by atoms with van der Waals surface area (Å²) < 4.78 is 0.